The van der Waals surface area contributed by atoms with Crippen molar-refractivity contribution in [2.24, 2.45) is 0 Å². The summed E-state index contributed by atoms with van der Waals surface area (Å²) in [5.41, 5.74) is 13.2. The molecule has 0 fully saturated rings. The van der Waals surface area contributed by atoms with Gasteiger partial charge in [-0.2, -0.15) is 0 Å². The van der Waals surface area contributed by atoms with Crippen LogP contribution in [0.4, 0.5) is 17.1 Å². The molecule has 9 rings (SSSR count). The molecule has 0 saturated heterocycles. The molecular weight excluding hydrogens is 495 g/mol. The Morgan fingerprint density at radius 3 is 2.12 bits per heavy atom. The standard InChI is InChI=1S/C38H29BN2/c1-38(2,3)30-23-22-24-12-4-5-13-25(24)37(30)40-33-20-9-7-18-31(33)39-35-27(15-11-21-34(35)40)29-17-10-16-28-26-14-6-8-19-32(26)41(39)36(28)29/h4-23H,1-3H3. The molecule has 3 heteroatoms. The van der Waals surface area contributed by atoms with E-state index in [0.29, 0.717) is 0 Å². The maximum Gasteiger partial charge on any atom is 0.333 e. The van der Waals surface area contributed by atoms with Crippen LogP contribution in [-0.4, -0.2) is 11.3 Å². The molecule has 41 heavy (non-hydrogen) atoms. The van der Waals surface area contributed by atoms with E-state index in [2.05, 4.69) is 151 Å². The Balaban J connectivity index is 1.47. The van der Waals surface area contributed by atoms with Crippen LogP contribution >= 0.6 is 0 Å². The monoisotopic (exact) mass is 524 g/mol. The molecular formula is C38H29BN2. The smallest absolute Gasteiger partial charge is 0.333 e. The third-order valence-corrected chi connectivity index (χ3v) is 9.28. The predicted molar refractivity (Wildman–Crippen MR) is 176 cm³/mol. The van der Waals surface area contributed by atoms with E-state index in [-0.39, 0.29) is 12.3 Å². The van der Waals surface area contributed by atoms with Gasteiger partial charge in [0.05, 0.1) is 5.69 Å². The summed E-state index contributed by atoms with van der Waals surface area (Å²) in [6.45, 7) is 7.09. The van der Waals surface area contributed by atoms with Gasteiger partial charge in [0, 0.05) is 44.1 Å². The quantitative estimate of drug-likeness (QED) is 0.195. The predicted octanol–water partition coefficient (Wildman–Crippen LogP) is 8.66. The lowest BCUT2D eigenvalue weighted by Crippen LogP contribution is -2.56. The number of rotatable bonds is 1. The Morgan fingerprint density at radius 1 is 0.561 bits per heavy atom. The molecule has 0 radical (unpaired) electrons. The van der Waals surface area contributed by atoms with Crippen LogP contribution in [0.15, 0.2) is 121 Å². The van der Waals surface area contributed by atoms with Gasteiger partial charge in [-0.15, -0.1) is 0 Å². The highest BCUT2D eigenvalue weighted by Crippen LogP contribution is 2.48. The fourth-order valence-corrected chi connectivity index (χ4v) is 7.63. The van der Waals surface area contributed by atoms with E-state index in [0.717, 1.165) is 0 Å². The van der Waals surface area contributed by atoms with E-state index in [9.17, 15) is 0 Å². The van der Waals surface area contributed by atoms with Crippen molar-refractivity contribution >= 4 is 67.4 Å². The molecule has 0 amide bonds. The number of hydrogen-bond acceptors (Lipinski definition) is 1. The van der Waals surface area contributed by atoms with Gasteiger partial charge in [0.2, 0.25) is 0 Å². The fraction of sp³-hybridized carbons (Fsp3) is 0.105. The van der Waals surface area contributed by atoms with E-state index in [4.69, 9.17) is 0 Å². The van der Waals surface area contributed by atoms with E-state index < -0.39 is 0 Å². The summed E-state index contributed by atoms with van der Waals surface area (Å²) in [6.07, 6.45) is 0. The first-order chi connectivity index (χ1) is 20.0. The second-order valence-electron chi connectivity index (χ2n) is 12.6. The summed E-state index contributed by atoms with van der Waals surface area (Å²) in [6, 6.07) is 45.3. The Morgan fingerprint density at radius 2 is 1.24 bits per heavy atom. The summed E-state index contributed by atoms with van der Waals surface area (Å²) < 4.78 is 2.62. The van der Waals surface area contributed by atoms with Gasteiger partial charge in [-0.25, -0.2) is 0 Å². The second-order valence-corrected chi connectivity index (χ2v) is 12.6. The van der Waals surface area contributed by atoms with Gasteiger partial charge in [-0.3, -0.25) is 0 Å². The van der Waals surface area contributed by atoms with Crippen molar-refractivity contribution < 1.29 is 0 Å². The van der Waals surface area contributed by atoms with Gasteiger partial charge in [0.1, 0.15) is 0 Å². The number of fused-ring (bicyclic) bond motifs is 8. The van der Waals surface area contributed by atoms with Crippen LogP contribution in [0.5, 0.6) is 0 Å². The molecule has 6 aromatic carbocycles. The van der Waals surface area contributed by atoms with Gasteiger partial charge in [-0.1, -0.05) is 124 Å². The van der Waals surface area contributed by atoms with Crippen molar-refractivity contribution in [2.75, 3.05) is 4.90 Å². The topological polar surface area (TPSA) is 8.17 Å². The first-order valence-corrected chi connectivity index (χ1v) is 14.6. The molecule has 2 aliphatic rings. The molecule has 0 saturated carbocycles. The molecule has 1 aromatic heterocycles. The van der Waals surface area contributed by atoms with Crippen molar-refractivity contribution in [2.45, 2.75) is 26.2 Å². The average Bonchev–Trinajstić information content (AvgIpc) is 3.33. The number of nitrogens with zero attached hydrogens (tertiary/aromatic N) is 2. The zero-order valence-corrected chi connectivity index (χ0v) is 23.5. The van der Waals surface area contributed by atoms with E-state index in [1.165, 1.54) is 77.3 Å². The van der Waals surface area contributed by atoms with Gasteiger partial charge in [0.25, 0.3) is 0 Å². The van der Waals surface area contributed by atoms with E-state index in [1.54, 1.807) is 0 Å². The minimum atomic E-state index is -0.0323. The van der Waals surface area contributed by atoms with Gasteiger partial charge < -0.3 is 9.38 Å². The van der Waals surface area contributed by atoms with Crippen LogP contribution in [0.25, 0.3) is 43.7 Å². The number of aromatic nitrogens is 1. The van der Waals surface area contributed by atoms with Crippen LogP contribution in [0.2, 0.25) is 0 Å². The molecule has 2 nitrogen and oxygen atoms in total. The molecule has 0 bridgehead atoms. The third-order valence-electron chi connectivity index (χ3n) is 9.28. The van der Waals surface area contributed by atoms with Gasteiger partial charge >= 0.3 is 6.85 Å². The van der Waals surface area contributed by atoms with Crippen molar-refractivity contribution in [1.29, 1.82) is 0 Å². The Kier molecular flexibility index (Phi) is 4.44. The van der Waals surface area contributed by atoms with Crippen molar-refractivity contribution in [3.8, 4) is 11.1 Å². The largest absolute Gasteiger partial charge is 0.375 e. The Bertz CT molecular complexity index is 2210. The second kappa shape index (κ2) is 7.92. The normalized spacial score (nSPS) is 13.6. The fourth-order valence-electron chi connectivity index (χ4n) is 7.63. The lowest BCUT2D eigenvalue weighted by atomic mass is 9.45. The summed E-state index contributed by atoms with van der Waals surface area (Å²) in [5.74, 6) is 0. The van der Waals surface area contributed by atoms with Crippen molar-refractivity contribution in [1.82, 2.24) is 4.48 Å². The average molecular weight is 524 g/mol. The van der Waals surface area contributed by atoms with Crippen molar-refractivity contribution in [3.63, 3.8) is 0 Å². The van der Waals surface area contributed by atoms with Crippen LogP contribution in [-0.2, 0) is 5.41 Å². The molecule has 0 N–H and O–H groups in total. The van der Waals surface area contributed by atoms with Crippen LogP contribution < -0.4 is 15.8 Å². The van der Waals surface area contributed by atoms with Gasteiger partial charge in [-0.05, 0) is 51.1 Å². The maximum absolute atomic E-state index is 2.62. The third kappa shape index (κ3) is 2.93. The molecule has 194 valence electrons. The van der Waals surface area contributed by atoms with Crippen LogP contribution in [0.1, 0.15) is 26.3 Å². The summed E-state index contributed by atoms with van der Waals surface area (Å²) in [5, 5.41) is 5.21. The SMILES string of the molecule is CC(C)(C)c1ccc2ccccc2c1N1c2ccccc2B2c3c(cccc31)-c1cccc3c4ccccc4n2c13. The highest BCUT2D eigenvalue weighted by molar-refractivity contribution is 6.90. The minimum absolute atomic E-state index is 0.0323. The highest BCUT2D eigenvalue weighted by atomic mass is 15.2. The molecule has 0 unspecified atom stereocenters. The first-order valence-electron chi connectivity index (χ1n) is 14.6. The van der Waals surface area contributed by atoms with E-state index in [1.807, 2.05) is 0 Å². The number of anilines is 3. The lowest BCUT2D eigenvalue weighted by molar-refractivity contribution is 0.592. The minimum Gasteiger partial charge on any atom is -0.375 e. The molecule has 0 spiro atoms. The lowest BCUT2D eigenvalue weighted by Gasteiger charge is -2.42. The van der Waals surface area contributed by atoms with Crippen LogP contribution in [0, 0.1) is 0 Å². The zero-order chi connectivity index (χ0) is 27.5. The number of para-hydroxylation sites is 3. The number of hydrogen-bond donors (Lipinski definition) is 0. The molecule has 3 heterocycles. The zero-order valence-electron chi connectivity index (χ0n) is 23.5. The van der Waals surface area contributed by atoms with Gasteiger partial charge in [0.15, 0.2) is 0 Å². The number of benzene rings is 6. The molecule has 2 aliphatic heterocycles. The molecule has 0 atom stereocenters. The highest BCUT2D eigenvalue weighted by Gasteiger charge is 2.43. The van der Waals surface area contributed by atoms with Crippen molar-refractivity contribution in [3.05, 3.63) is 127 Å². The first kappa shape index (κ1) is 23.0. The summed E-state index contributed by atoms with van der Waals surface area (Å²) in [7, 11) is 0. The molecule has 0 aliphatic carbocycles. The summed E-state index contributed by atoms with van der Waals surface area (Å²) in [4.78, 5) is 2.57. The molecule has 7 aromatic rings. The maximum atomic E-state index is 2.62. The van der Waals surface area contributed by atoms with Crippen LogP contribution in [0.3, 0.4) is 0 Å². The van der Waals surface area contributed by atoms with E-state index >= 15 is 0 Å². The Hall–Kier alpha value is -4.76. The Labute approximate surface area is 240 Å². The summed E-state index contributed by atoms with van der Waals surface area (Å²) >= 11 is 0.